The van der Waals surface area contributed by atoms with Gasteiger partial charge in [-0.15, -0.1) is 16.8 Å². The number of nitrogens with one attached hydrogen (secondary N) is 1. The molecule has 16 nitrogen and oxygen atoms in total. The van der Waals surface area contributed by atoms with E-state index in [-0.39, 0.29) is 170 Å². The van der Waals surface area contributed by atoms with E-state index in [1.54, 1.807) is 36.4 Å². The molecule has 1 heterocycles. The Morgan fingerprint density at radius 1 is 0.765 bits per heavy atom. The summed E-state index contributed by atoms with van der Waals surface area (Å²) in [7, 11) is -12.1. The summed E-state index contributed by atoms with van der Waals surface area (Å²) in [6.07, 6.45) is 0.130. The molecular weight excluding hydrogens is 809 g/mol. The van der Waals surface area contributed by atoms with Gasteiger partial charge < -0.3 is 23.7 Å². The van der Waals surface area contributed by atoms with Gasteiger partial charge in [0.25, 0.3) is 0 Å². The van der Waals surface area contributed by atoms with Crippen LogP contribution in [0.4, 0.5) is 23.0 Å². The number of benzene rings is 3. The van der Waals surface area contributed by atoms with E-state index in [4.69, 9.17) is 4.74 Å². The van der Waals surface area contributed by atoms with Crippen LogP contribution in [0.25, 0.3) is 10.8 Å². The van der Waals surface area contributed by atoms with E-state index >= 15 is 0 Å². The summed E-state index contributed by atoms with van der Waals surface area (Å²) in [6.45, 7) is 0. The van der Waals surface area contributed by atoms with E-state index in [0.717, 1.165) is 29.6 Å². The average Bonchev–Trinajstić information content (AvgIpc) is 2.99. The first-order chi connectivity index (χ1) is 22.1. The second-order valence-electron chi connectivity index (χ2n) is 9.41. The SMILES string of the molecule is COc1cc(N=Nc2ccc3c[c-]cc(S(=O)(=O)[O-])c3c2)ccc1Nc1nc(SCCCS(=O)(=O)[O-])nc(SCCCS(=O)(=O)[O-])n1.[Na+].[Na+].[Na+].[Na+]. The molecule has 0 amide bonds. The summed E-state index contributed by atoms with van der Waals surface area (Å²) < 4.78 is 106. The summed E-state index contributed by atoms with van der Waals surface area (Å²) in [4.78, 5) is 12.5. The second kappa shape index (κ2) is 23.6. The van der Waals surface area contributed by atoms with Crippen molar-refractivity contribution in [2.24, 2.45) is 10.2 Å². The number of anilines is 2. The molecule has 0 radical (unpaired) electrons. The Hall–Kier alpha value is 0.560. The number of nitrogens with zero attached hydrogens (tertiary/aromatic N) is 5. The predicted molar refractivity (Wildman–Crippen MR) is 171 cm³/mol. The fourth-order valence-electron chi connectivity index (χ4n) is 3.84. The van der Waals surface area contributed by atoms with E-state index in [9.17, 15) is 38.9 Å². The number of azo groups is 1. The molecule has 0 saturated carbocycles. The van der Waals surface area contributed by atoms with Crippen LogP contribution in [0.3, 0.4) is 0 Å². The van der Waals surface area contributed by atoms with E-state index in [0.29, 0.717) is 22.5 Å². The van der Waals surface area contributed by atoms with Gasteiger partial charge in [-0.1, -0.05) is 23.5 Å². The molecule has 0 fully saturated rings. The van der Waals surface area contributed by atoms with Gasteiger partial charge in [0.1, 0.15) is 5.75 Å². The largest absolute Gasteiger partial charge is 1.00 e. The molecule has 3 aromatic carbocycles. The Bertz CT molecular complexity index is 2080. The first kappa shape index (κ1) is 51.6. The molecule has 252 valence electrons. The molecule has 0 aliphatic rings. The van der Waals surface area contributed by atoms with Crippen molar-refractivity contribution in [3.05, 3.63) is 54.6 Å². The zero-order valence-electron chi connectivity index (χ0n) is 28.2. The van der Waals surface area contributed by atoms with Crippen molar-refractivity contribution in [1.29, 1.82) is 0 Å². The van der Waals surface area contributed by atoms with Gasteiger partial charge in [0.2, 0.25) is 5.95 Å². The van der Waals surface area contributed by atoms with Crippen molar-refractivity contribution >= 4 is 87.7 Å². The molecular formula is C26H24N6Na4O10S5. The van der Waals surface area contributed by atoms with E-state index in [2.05, 4.69) is 36.6 Å². The first-order valence-corrected chi connectivity index (χ1v) is 19.8. The Morgan fingerprint density at radius 2 is 1.29 bits per heavy atom. The summed E-state index contributed by atoms with van der Waals surface area (Å²) in [5.41, 5.74) is 1.05. The van der Waals surface area contributed by atoms with Crippen molar-refractivity contribution in [2.75, 3.05) is 35.4 Å². The summed E-state index contributed by atoms with van der Waals surface area (Å²) in [5, 5.41) is 12.4. The second-order valence-corrected chi connectivity index (χ2v) is 15.9. The molecule has 4 aromatic rings. The van der Waals surface area contributed by atoms with Crippen LogP contribution in [0.2, 0.25) is 0 Å². The van der Waals surface area contributed by atoms with Crippen LogP contribution >= 0.6 is 23.5 Å². The molecule has 1 N–H and O–H groups in total. The van der Waals surface area contributed by atoms with Gasteiger partial charge in [0.15, 0.2) is 10.3 Å². The van der Waals surface area contributed by atoms with Crippen molar-refractivity contribution in [1.82, 2.24) is 15.0 Å². The molecule has 0 spiro atoms. The third-order valence-corrected chi connectivity index (χ3v) is 10.2. The van der Waals surface area contributed by atoms with Crippen molar-refractivity contribution in [2.45, 2.75) is 28.0 Å². The average molecular weight is 833 g/mol. The van der Waals surface area contributed by atoms with Gasteiger partial charge >= 0.3 is 118 Å². The van der Waals surface area contributed by atoms with Gasteiger partial charge in [-0.2, -0.15) is 43.4 Å². The number of ether oxygens (including phenoxy) is 1. The van der Waals surface area contributed by atoms with Crippen LogP contribution in [0.5, 0.6) is 5.75 Å². The Balaban J connectivity index is 0.00000625. The maximum atomic E-state index is 11.7. The van der Waals surface area contributed by atoms with Gasteiger partial charge in [0, 0.05) is 29.1 Å². The van der Waals surface area contributed by atoms with Crippen LogP contribution in [-0.4, -0.2) is 84.0 Å². The van der Waals surface area contributed by atoms with Gasteiger partial charge in [-0.3, -0.25) is 8.42 Å². The normalized spacial score (nSPS) is 11.5. The maximum Gasteiger partial charge on any atom is 1.00 e. The molecule has 0 aliphatic carbocycles. The van der Waals surface area contributed by atoms with E-state index < -0.39 is 46.8 Å². The molecule has 25 heteroatoms. The van der Waals surface area contributed by atoms with Gasteiger partial charge in [-0.05, 0) is 42.0 Å². The number of rotatable bonds is 16. The number of hydrogen-bond acceptors (Lipinski definition) is 18. The quantitative estimate of drug-likeness (QED) is 0.0275. The van der Waals surface area contributed by atoms with E-state index in [1.807, 2.05) is 0 Å². The zero-order chi connectivity index (χ0) is 34.2. The van der Waals surface area contributed by atoms with E-state index in [1.165, 1.54) is 13.2 Å². The molecule has 0 atom stereocenters. The van der Waals surface area contributed by atoms with Crippen molar-refractivity contribution < 1.29 is 162 Å². The monoisotopic (exact) mass is 832 g/mol. The summed E-state index contributed by atoms with van der Waals surface area (Å²) >= 11 is 2.17. The molecule has 4 rings (SSSR count). The van der Waals surface area contributed by atoms with Crippen LogP contribution in [0.1, 0.15) is 12.8 Å². The topological polar surface area (TPSA) is 256 Å². The van der Waals surface area contributed by atoms with Crippen LogP contribution in [0, 0.1) is 6.07 Å². The minimum absolute atomic E-state index is 0. The third-order valence-electron chi connectivity index (χ3n) is 5.87. The Labute approximate surface area is 392 Å². The smallest absolute Gasteiger partial charge is 0.754 e. The third kappa shape index (κ3) is 17.9. The number of aromatic nitrogens is 3. The molecule has 0 aliphatic heterocycles. The first-order valence-electron chi connectivity index (χ1n) is 13.2. The van der Waals surface area contributed by atoms with Crippen LogP contribution < -0.4 is 128 Å². The fraction of sp³-hybridized carbons (Fsp3) is 0.269. The molecule has 0 bridgehead atoms. The zero-order valence-corrected chi connectivity index (χ0v) is 40.3. The number of thioether (sulfide) groups is 2. The molecule has 1 aromatic heterocycles. The molecule has 0 saturated heterocycles. The number of hydrogen-bond donors (Lipinski definition) is 1. The minimum Gasteiger partial charge on any atom is -0.754 e. The molecule has 0 unspecified atom stereocenters. The van der Waals surface area contributed by atoms with Gasteiger partial charge in [-0.25, -0.2) is 16.8 Å². The Kier molecular flexibility index (Phi) is 23.8. The fourth-order valence-corrected chi connectivity index (χ4v) is 7.46. The summed E-state index contributed by atoms with van der Waals surface area (Å²) in [6, 6.07) is 14.6. The van der Waals surface area contributed by atoms with Crippen LogP contribution in [-0.2, 0) is 30.4 Å². The predicted octanol–water partition coefficient (Wildman–Crippen LogP) is -8.03. The molecule has 51 heavy (non-hydrogen) atoms. The van der Waals surface area contributed by atoms with Crippen molar-refractivity contribution in [3.63, 3.8) is 0 Å². The van der Waals surface area contributed by atoms with Gasteiger partial charge in [0.05, 0.1) is 54.5 Å². The number of methoxy groups -OCH3 is 1. The standard InChI is InChI=1S/C26H27N6O10S5.4Na/c1-42-22-16-19(32-31-18-8-7-17-5-2-6-23(20(17)15-18)47(39,40)41)9-10-21(22)27-24-28-25(43-11-3-13-45(33,34)35)30-26(29-24)44-12-4-14-46(36,37)38;;;;/h5-10,15-16H,3-4,11-14H2,1H3,(H,33,34,35)(H,36,37,38)(H,39,40,41)(H,27,28,29,30);;;;/q-1;4*+1/p-3. The van der Waals surface area contributed by atoms with Crippen molar-refractivity contribution in [3.8, 4) is 5.75 Å². The number of fused-ring (bicyclic) bond motifs is 1. The minimum atomic E-state index is -4.74. The van der Waals surface area contributed by atoms with Crippen LogP contribution in [0.15, 0.2) is 74.0 Å². The maximum absolute atomic E-state index is 11.7. The summed E-state index contributed by atoms with van der Waals surface area (Å²) in [5.74, 6) is -0.286. The Morgan fingerprint density at radius 3 is 1.80 bits per heavy atom.